The molecule has 0 amide bonds. The van der Waals surface area contributed by atoms with Crippen LogP contribution in [0.2, 0.25) is 0 Å². The average Bonchev–Trinajstić information content (AvgIpc) is 2.63. The molecule has 0 aromatic heterocycles. The second kappa shape index (κ2) is 9.27. The lowest BCUT2D eigenvalue weighted by molar-refractivity contribution is -0.0141. The van der Waals surface area contributed by atoms with Gasteiger partial charge in [-0.15, -0.1) is 0 Å². The first kappa shape index (κ1) is 24.7. The zero-order valence-electron chi connectivity index (χ0n) is 19.3. The molecule has 30 heavy (non-hydrogen) atoms. The minimum absolute atomic E-state index is 0.0800. The molecule has 4 nitrogen and oxygen atoms in total. The van der Waals surface area contributed by atoms with Crippen molar-refractivity contribution in [1.29, 1.82) is 0 Å². The van der Waals surface area contributed by atoms with Crippen LogP contribution in [-0.4, -0.2) is 32.1 Å². The maximum Gasteiger partial charge on any atom is 0.169 e. The van der Waals surface area contributed by atoms with E-state index in [1.807, 2.05) is 13.8 Å². The van der Waals surface area contributed by atoms with Crippen LogP contribution in [0.4, 0.5) is 4.39 Å². The lowest BCUT2D eigenvalue weighted by Crippen LogP contribution is -2.40. The number of rotatable bonds is 8. The Bertz CT molecular complexity index is 776. The molecule has 3 unspecified atom stereocenters. The lowest BCUT2D eigenvalue weighted by Gasteiger charge is -2.40. The van der Waals surface area contributed by atoms with Crippen molar-refractivity contribution in [2.24, 2.45) is 5.92 Å². The fourth-order valence-electron chi connectivity index (χ4n) is 4.69. The third-order valence-electron chi connectivity index (χ3n) is 6.76. The van der Waals surface area contributed by atoms with Crippen molar-refractivity contribution >= 4 is 0 Å². The zero-order chi connectivity index (χ0) is 22.9. The summed E-state index contributed by atoms with van der Waals surface area (Å²) in [4.78, 5) is 0. The van der Waals surface area contributed by atoms with E-state index in [1.54, 1.807) is 26.8 Å². The molecule has 0 bridgehead atoms. The molecule has 4 N–H and O–H groups in total. The van der Waals surface area contributed by atoms with Crippen LogP contribution in [0.1, 0.15) is 97.1 Å². The molecule has 3 atom stereocenters. The Kier molecular flexibility index (Phi) is 7.63. The van der Waals surface area contributed by atoms with Crippen LogP contribution < -0.4 is 0 Å². The number of hydrogen-bond donors (Lipinski definition) is 4. The highest BCUT2D eigenvalue weighted by Crippen LogP contribution is 2.50. The number of benzene rings is 1. The predicted molar refractivity (Wildman–Crippen MR) is 118 cm³/mol. The molecular formula is C25H39FO4. The molecule has 170 valence electrons. The monoisotopic (exact) mass is 422 g/mol. The summed E-state index contributed by atoms with van der Waals surface area (Å²) in [6.07, 6.45) is 6.30. The highest BCUT2D eigenvalue weighted by Gasteiger charge is 2.42. The molecule has 5 heteroatoms. The Morgan fingerprint density at radius 2 is 1.73 bits per heavy atom. The van der Waals surface area contributed by atoms with Crippen LogP contribution in [0.25, 0.3) is 0 Å². The van der Waals surface area contributed by atoms with Gasteiger partial charge in [-0.25, -0.2) is 4.39 Å². The fourth-order valence-corrected chi connectivity index (χ4v) is 4.69. The van der Waals surface area contributed by atoms with Gasteiger partial charge < -0.3 is 20.4 Å². The predicted octanol–water partition coefficient (Wildman–Crippen LogP) is 5.67. The van der Waals surface area contributed by atoms with Gasteiger partial charge in [-0.05, 0) is 50.7 Å². The van der Waals surface area contributed by atoms with Crippen LogP contribution in [0.5, 0.6) is 11.5 Å². The molecule has 0 heterocycles. The normalized spacial score (nSPS) is 22.8. The molecule has 1 aromatic rings. The van der Waals surface area contributed by atoms with Gasteiger partial charge in [-0.3, -0.25) is 0 Å². The van der Waals surface area contributed by atoms with Gasteiger partial charge in [0.2, 0.25) is 0 Å². The van der Waals surface area contributed by atoms with Crippen molar-refractivity contribution in [2.45, 2.75) is 103 Å². The number of aliphatic hydroxyl groups is 2. The van der Waals surface area contributed by atoms with E-state index >= 15 is 4.39 Å². The number of aromatic hydroxyl groups is 2. The van der Waals surface area contributed by atoms with E-state index in [0.29, 0.717) is 11.1 Å². The van der Waals surface area contributed by atoms with Gasteiger partial charge in [-0.2, -0.15) is 0 Å². The first-order valence-electron chi connectivity index (χ1n) is 11.1. The standard InChI is InChI=1S/C25H39FO4/c1-7-8-9-10-11-24(3,4)18-14-20(28)21(23(29)22(18)26)16-12-15(2)19(27)13-17(16)25(5,6)30/h12,14,16-17,19,27-30H,7-11,13H2,1-6H3. The topological polar surface area (TPSA) is 80.9 Å². The third-order valence-corrected chi connectivity index (χ3v) is 6.76. The Morgan fingerprint density at radius 3 is 2.30 bits per heavy atom. The molecule has 0 saturated carbocycles. The Balaban J connectivity index is 2.49. The zero-order valence-corrected chi connectivity index (χ0v) is 19.3. The first-order chi connectivity index (χ1) is 13.8. The summed E-state index contributed by atoms with van der Waals surface area (Å²) in [5, 5.41) is 42.6. The van der Waals surface area contributed by atoms with Gasteiger partial charge in [-0.1, -0.05) is 52.5 Å². The summed E-state index contributed by atoms with van der Waals surface area (Å²) < 4.78 is 15.4. The maximum atomic E-state index is 15.4. The van der Waals surface area contributed by atoms with Crippen LogP contribution >= 0.6 is 0 Å². The summed E-state index contributed by atoms with van der Waals surface area (Å²) in [5.74, 6) is -2.54. The molecule has 0 fully saturated rings. The van der Waals surface area contributed by atoms with Crippen LogP contribution in [0, 0.1) is 11.7 Å². The van der Waals surface area contributed by atoms with Gasteiger partial charge in [0, 0.05) is 23.0 Å². The molecule has 1 aromatic carbocycles. The van der Waals surface area contributed by atoms with Crippen LogP contribution in [0.3, 0.4) is 0 Å². The summed E-state index contributed by atoms with van der Waals surface area (Å²) in [7, 11) is 0. The van der Waals surface area contributed by atoms with E-state index < -0.39 is 40.5 Å². The van der Waals surface area contributed by atoms with Gasteiger partial charge in [0.25, 0.3) is 0 Å². The fraction of sp³-hybridized carbons (Fsp3) is 0.680. The van der Waals surface area contributed by atoms with E-state index in [0.717, 1.165) is 32.1 Å². The van der Waals surface area contributed by atoms with E-state index in [4.69, 9.17) is 0 Å². The lowest BCUT2D eigenvalue weighted by atomic mass is 9.68. The Labute approximate surface area is 180 Å². The van der Waals surface area contributed by atoms with Gasteiger partial charge >= 0.3 is 0 Å². The number of phenols is 2. The van der Waals surface area contributed by atoms with Crippen LogP contribution in [0.15, 0.2) is 17.7 Å². The highest BCUT2D eigenvalue weighted by molar-refractivity contribution is 5.54. The number of aliphatic hydroxyl groups excluding tert-OH is 1. The van der Waals surface area contributed by atoms with E-state index in [-0.39, 0.29) is 17.7 Å². The highest BCUT2D eigenvalue weighted by atomic mass is 19.1. The van der Waals surface area contributed by atoms with Crippen molar-refractivity contribution in [2.75, 3.05) is 0 Å². The number of hydrogen-bond acceptors (Lipinski definition) is 4. The Morgan fingerprint density at radius 1 is 1.10 bits per heavy atom. The number of phenolic OH excluding ortho intramolecular Hbond substituents is 2. The van der Waals surface area contributed by atoms with Crippen molar-refractivity contribution in [3.05, 3.63) is 34.7 Å². The largest absolute Gasteiger partial charge is 0.507 e. The number of halogens is 1. The molecule has 2 rings (SSSR count). The third kappa shape index (κ3) is 5.17. The molecular weight excluding hydrogens is 383 g/mol. The van der Waals surface area contributed by atoms with E-state index in [2.05, 4.69) is 6.92 Å². The summed E-state index contributed by atoms with van der Waals surface area (Å²) in [6, 6.07) is 1.43. The Hall–Kier alpha value is -1.59. The van der Waals surface area contributed by atoms with Crippen molar-refractivity contribution < 1.29 is 24.8 Å². The van der Waals surface area contributed by atoms with Crippen LogP contribution in [-0.2, 0) is 5.41 Å². The quantitative estimate of drug-likeness (QED) is 0.322. The molecule has 0 spiro atoms. The molecule has 0 aliphatic heterocycles. The van der Waals surface area contributed by atoms with Gasteiger partial charge in [0.1, 0.15) is 5.75 Å². The van der Waals surface area contributed by atoms with Crippen molar-refractivity contribution in [1.82, 2.24) is 0 Å². The molecule has 0 saturated heterocycles. The maximum absolute atomic E-state index is 15.4. The summed E-state index contributed by atoms with van der Waals surface area (Å²) >= 11 is 0. The van der Waals surface area contributed by atoms with Gasteiger partial charge in [0.15, 0.2) is 11.6 Å². The summed E-state index contributed by atoms with van der Waals surface area (Å²) in [6.45, 7) is 11.0. The summed E-state index contributed by atoms with van der Waals surface area (Å²) in [5.41, 5.74) is -0.657. The van der Waals surface area contributed by atoms with Crippen molar-refractivity contribution in [3.8, 4) is 11.5 Å². The second-order valence-electron chi connectivity index (χ2n) is 10.2. The average molecular weight is 423 g/mol. The molecule has 1 aliphatic rings. The minimum atomic E-state index is -1.19. The second-order valence-corrected chi connectivity index (χ2v) is 10.2. The number of unbranched alkanes of at least 4 members (excludes halogenated alkanes) is 3. The number of allylic oxidation sites excluding steroid dienone is 1. The molecule has 0 radical (unpaired) electrons. The minimum Gasteiger partial charge on any atom is -0.507 e. The first-order valence-corrected chi connectivity index (χ1v) is 11.1. The SMILES string of the molecule is CCCCCCC(C)(C)c1cc(O)c(C2C=C(C)C(O)CC2C(C)(C)O)c(O)c1F. The van der Waals surface area contributed by atoms with Gasteiger partial charge in [0.05, 0.1) is 11.7 Å². The van der Waals surface area contributed by atoms with Crippen molar-refractivity contribution in [3.63, 3.8) is 0 Å². The smallest absolute Gasteiger partial charge is 0.169 e. The van der Waals surface area contributed by atoms with E-state index in [1.165, 1.54) is 6.07 Å². The van der Waals surface area contributed by atoms with E-state index in [9.17, 15) is 20.4 Å². The molecule has 1 aliphatic carbocycles.